The molecule has 120 valence electrons. The van der Waals surface area contributed by atoms with Crippen LogP contribution in [0.25, 0.3) is 0 Å². The molecule has 5 heteroatoms. The number of carboxylic acids is 1. The van der Waals surface area contributed by atoms with Gasteiger partial charge < -0.3 is 5.11 Å². The van der Waals surface area contributed by atoms with E-state index >= 15 is 0 Å². The fraction of sp³-hybridized carbons (Fsp3) is 0.438. The highest BCUT2D eigenvalue weighted by Crippen LogP contribution is 2.13. The van der Waals surface area contributed by atoms with Crippen molar-refractivity contribution >= 4 is 15.8 Å². The Bertz CT molecular complexity index is 514. The normalized spacial score (nSPS) is 10.1. The third kappa shape index (κ3) is 9.02. The first-order valence-corrected chi connectivity index (χ1v) is 8.75. The first-order valence-electron chi connectivity index (χ1n) is 7.10. The fourth-order valence-corrected chi connectivity index (χ4v) is 2.50. The monoisotopic (exact) mass is 314 g/mol. The highest BCUT2D eigenvalue weighted by atomic mass is 32.2. The predicted molar refractivity (Wildman–Crippen MR) is 87.3 cm³/mol. The van der Waals surface area contributed by atoms with Crippen LogP contribution in [0.1, 0.15) is 40.2 Å². The Morgan fingerprint density at radius 2 is 1.57 bits per heavy atom. The van der Waals surface area contributed by atoms with Crippen molar-refractivity contribution in [2.24, 2.45) is 0 Å². The number of sulfone groups is 1. The van der Waals surface area contributed by atoms with E-state index in [0.29, 0.717) is 5.56 Å². The molecule has 0 bridgehead atoms. The van der Waals surface area contributed by atoms with Crippen LogP contribution in [0.3, 0.4) is 0 Å². The molecule has 0 fully saturated rings. The Morgan fingerprint density at radius 1 is 1.10 bits per heavy atom. The molecule has 0 atom stereocenters. The molecule has 0 amide bonds. The molecule has 4 nitrogen and oxygen atoms in total. The maximum absolute atomic E-state index is 11.8. The van der Waals surface area contributed by atoms with Gasteiger partial charge in [-0.3, -0.25) is 4.79 Å². The highest BCUT2D eigenvalue weighted by Gasteiger charge is 2.12. The number of benzene rings is 1. The summed E-state index contributed by atoms with van der Waals surface area (Å²) in [6.45, 7) is 9.76. The Balaban J connectivity index is 0. The molecule has 0 aromatic heterocycles. The van der Waals surface area contributed by atoms with Crippen LogP contribution >= 0.6 is 0 Å². The topological polar surface area (TPSA) is 71.4 Å². The summed E-state index contributed by atoms with van der Waals surface area (Å²) < 4.78 is 23.5. The van der Waals surface area contributed by atoms with Gasteiger partial charge in [-0.1, -0.05) is 52.0 Å². The van der Waals surface area contributed by atoms with Gasteiger partial charge in [-0.25, -0.2) is 8.42 Å². The van der Waals surface area contributed by atoms with E-state index in [1.54, 1.807) is 19.1 Å². The van der Waals surface area contributed by atoms with Crippen LogP contribution in [0.15, 0.2) is 41.3 Å². The van der Waals surface area contributed by atoms with Crippen LogP contribution in [-0.4, -0.2) is 25.2 Å². The lowest BCUT2D eigenvalue weighted by Crippen LogP contribution is -2.05. The summed E-state index contributed by atoms with van der Waals surface area (Å²) in [5.74, 6) is -0.976. The Labute approximate surface area is 128 Å². The Kier molecular flexibility index (Phi) is 12.5. The second kappa shape index (κ2) is 12.1. The molecule has 0 unspecified atom stereocenters. The average molecular weight is 314 g/mol. The minimum atomic E-state index is -3.30. The minimum absolute atomic E-state index is 0.0399. The number of carboxylic acid groups (broad SMARTS) is 1. The minimum Gasteiger partial charge on any atom is -0.481 e. The number of allylic oxidation sites excluding steroid dienone is 1. The predicted octanol–water partition coefficient (Wildman–Crippen LogP) is 3.72. The van der Waals surface area contributed by atoms with E-state index in [9.17, 15) is 13.2 Å². The lowest BCUT2D eigenvalue weighted by molar-refractivity contribution is -0.136. The van der Waals surface area contributed by atoms with Crippen LogP contribution in [0, 0.1) is 0 Å². The van der Waals surface area contributed by atoms with Gasteiger partial charge in [-0.2, -0.15) is 0 Å². The maximum atomic E-state index is 11.8. The molecule has 0 heterocycles. The van der Waals surface area contributed by atoms with Crippen molar-refractivity contribution < 1.29 is 18.3 Å². The summed E-state index contributed by atoms with van der Waals surface area (Å²) in [6.07, 6.45) is 3.14. The molecule has 0 radical (unpaired) electrons. The zero-order valence-electron chi connectivity index (χ0n) is 13.5. The van der Waals surface area contributed by atoms with Crippen molar-refractivity contribution in [3.63, 3.8) is 0 Å². The first kappa shape index (κ1) is 21.7. The van der Waals surface area contributed by atoms with E-state index in [0.717, 1.165) is 0 Å². The van der Waals surface area contributed by atoms with Crippen LogP contribution in [0.2, 0.25) is 0 Å². The van der Waals surface area contributed by atoms with Crippen molar-refractivity contribution in [2.75, 3.05) is 5.75 Å². The molecule has 0 aliphatic heterocycles. The van der Waals surface area contributed by atoms with Gasteiger partial charge in [0.2, 0.25) is 0 Å². The molecule has 1 rings (SSSR count). The van der Waals surface area contributed by atoms with E-state index < -0.39 is 15.8 Å². The van der Waals surface area contributed by atoms with Crippen molar-refractivity contribution in [2.45, 2.75) is 45.9 Å². The number of carbonyl (C=O) groups is 1. The van der Waals surface area contributed by atoms with Crippen molar-refractivity contribution in [1.29, 1.82) is 0 Å². The average Bonchev–Trinajstić information content (AvgIpc) is 2.49. The summed E-state index contributed by atoms with van der Waals surface area (Å²) in [6, 6.07) is 5.93. The number of hydrogen-bond acceptors (Lipinski definition) is 3. The lowest BCUT2D eigenvalue weighted by atomic mass is 10.2. The summed E-state index contributed by atoms with van der Waals surface area (Å²) in [4.78, 5) is 10.7. The molecule has 0 aliphatic rings. The lowest BCUT2D eigenvalue weighted by Gasteiger charge is -2.02. The fourth-order valence-electron chi connectivity index (χ4n) is 1.31. The zero-order valence-corrected chi connectivity index (χ0v) is 14.3. The van der Waals surface area contributed by atoms with Crippen molar-refractivity contribution in [3.05, 3.63) is 42.0 Å². The van der Waals surface area contributed by atoms with Gasteiger partial charge in [-0.15, -0.1) is 0 Å². The molecule has 0 saturated heterocycles. The number of hydrogen-bond donors (Lipinski definition) is 1. The van der Waals surface area contributed by atoms with Gasteiger partial charge in [-0.05, 0) is 24.6 Å². The zero-order chi connectivity index (χ0) is 16.9. The van der Waals surface area contributed by atoms with E-state index in [-0.39, 0.29) is 17.1 Å². The third-order valence-electron chi connectivity index (χ3n) is 2.19. The third-order valence-corrected chi connectivity index (χ3v) is 3.81. The largest absolute Gasteiger partial charge is 0.481 e. The van der Waals surface area contributed by atoms with Crippen LogP contribution < -0.4 is 0 Å². The van der Waals surface area contributed by atoms with Gasteiger partial charge in [0.15, 0.2) is 9.84 Å². The van der Waals surface area contributed by atoms with Crippen molar-refractivity contribution in [3.8, 4) is 0 Å². The van der Waals surface area contributed by atoms with Crippen LogP contribution in [-0.2, 0) is 21.1 Å². The van der Waals surface area contributed by atoms with E-state index in [1.807, 2.05) is 27.7 Å². The summed E-state index contributed by atoms with van der Waals surface area (Å²) in [5.41, 5.74) is 0.586. The van der Waals surface area contributed by atoms with Crippen LogP contribution in [0.4, 0.5) is 0 Å². The maximum Gasteiger partial charge on any atom is 0.307 e. The molecule has 0 aliphatic carbocycles. The second-order valence-electron chi connectivity index (χ2n) is 3.56. The van der Waals surface area contributed by atoms with Gasteiger partial charge >= 0.3 is 5.97 Å². The van der Waals surface area contributed by atoms with E-state index in [2.05, 4.69) is 0 Å². The molecule has 1 aromatic carbocycles. The smallest absolute Gasteiger partial charge is 0.307 e. The highest BCUT2D eigenvalue weighted by molar-refractivity contribution is 7.91. The van der Waals surface area contributed by atoms with Gasteiger partial charge in [0.25, 0.3) is 0 Å². The SMILES string of the molecule is C/C=C/CS(=O)(=O)c1ccc(CC(=O)O)cc1.CC.CC. The quantitative estimate of drug-likeness (QED) is 0.841. The second-order valence-corrected chi connectivity index (χ2v) is 5.60. The van der Waals surface area contributed by atoms with E-state index in [4.69, 9.17) is 5.11 Å². The number of aliphatic carboxylic acids is 1. The first-order chi connectivity index (χ1) is 9.95. The van der Waals surface area contributed by atoms with Gasteiger partial charge in [0, 0.05) is 0 Å². The summed E-state index contributed by atoms with van der Waals surface area (Å²) in [5, 5.41) is 8.58. The molecule has 0 spiro atoms. The van der Waals surface area contributed by atoms with Crippen molar-refractivity contribution in [1.82, 2.24) is 0 Å². The molecule has 1 N–H and O–H groups in total. The van der Waals surface area contributed by atoms with Crippen LogP contribution in [0.5, 0.6) is 0 Å². The Hall–Kier alpha value is -1.62. The Morgan fingerprint density at radius 3 is 1.95 bits per heavy atom. The van der Waals surface area contributed by atoms with E-state index in [1.165, 1.54) is 24.3 Å². The molecule has 21 heavy (non-hydrogen) atoms. The standard InChI is InChI=1S/C12H14O4S.2C2H6/c1-2-3-8-17(15,16)11-6-4-10(5-7-11)9-12(13)14;2*1-2/h2-7H,8-9H2,1H3,(H,13,14);2*1-2H3/b3-2+;;. The molecule has 1 aromatic rings. The van der Waals surface area contributed by atoms with Gasteiger partial charge in [0.1, 0.15) is 0 Å². The summed E-state index contributed by atoms with van der Waals surface area (Å²) >= 11 is 0. The molecular formula is C16H26O4S. The molecular weight excluding hydrogens is 288 g/mol. The summed E-state index contributed by atoms with van der Waals surface area (Å²) in [7, 11) is -3.30. The number of rotatable bonds is 5. The molecule has 0 saturated carbocycles. The van der Waals surface area contributed by atoms with Gasteiger partial charge in [0.05, 0.1) is 17.1 Å².